The number of nitrogens with one attached hydrogen (secondary N) is 1. The highest BCUT2D eigenvalue weighted by Gasteiger charge is 2.24. The van der Waals surface area contributed by atoms with Crippen molar-refractivity contribution in [3.63, 3.8) is 0 Å². The van der Waals surface area contributed by atoms with Crippen molar-refractivity contribution < 1.29 is 18.5 Å². The Morgan fingerprint density at radius 1 is 1.00 bits per heavy atom. The number of nitrogens with zero attached hydrogens (tertiary/aromatic N) is 1. The van der Waals surface area contributed by atoms with Gasteiger partial charge in [0.1, 0.15) is 18.2 Å². The maximum absolute atomic E-state index is 13.2. The van der Waals surface area contributed by atoms with Crippen LogP contribution in [0.1, 0.15) is 15.9 Å². The molecule has 1 aliphatic heterocycles. The number of piperazine rings is 1. The summed E-state index contributed by atoms with van der Waals surface area (Å²) in [6.45, 7) is 3.61. The molecule has 1 saturated heterocycles. The normalized spacial score (nSPS) is 15.7. The van der Waals surface area contributed by atoms with E-state index in [1.54, 1.807) is 29.2 Å². The van der Waals surface area contributed by atoms with Crippen LogP contribution in [0.4, 0.5) is 8.78 Å². The van der Waals surface area contributed by atoms with Gasteiger partial charge in [-0.3, -0.25) is 4.79 Å². The number of hydrogen-bond acceptors (Lipinski definition) is 1. The highest BCUT2D eigenvalue weighted by molar-refractivity contribution is 5.94. The molecule has 3 nitrogen and oxygen atoms in total. The molecule has 0 spiro atoms. The van der Waals surface area contributed by atoms with Crippen LogP contribution in [-0.4, -0.2) is 37.0 Å². The van der Waals surface area contributed by atoms with E-state index in [0.717, 1.165) is 25.2 Å². The Balaban J connectivity index is 1.57. The van der Waals surface area contributed by atoms with E-state index in [4.69, 9.17) is 0 Å². The van der Waals surface area contributed by atoms with Gasteiger partial charge in [-0.15, -0.1) is 0 Å². The molecule has 1 amide bonds. The van der Waals surface area contributed by atoms with E-state index in [-0.39, 0.29) is 11.7 Å². The van der Waals surface area contributed by atoms with Gasteiger partial charge in [-0.05, 0) is 30.3 Å². The molecule has 1 fully saturated rings. The van der Waals surface area contributed by atoms with Gasteiger partial charge in [-0.25, -0.2) is 8.78 Å². The fourth-order valence-corrected chi connectivity index (χ4v) is 2.94. The molecule has 2 aromatic rings. The zero-order chi connectivity index (χ0) is 16.2. The molecule has 0 saturated carbocycles. The summed E-state index contributed by atoms with van der Waals surface area (Å²) in [5.41, 5.74) is 1.35. The molecule has 0 aromatic heterocycles. The third-order valence-corrected chi connectivity index (χ3v) is 4.17. The number of amides is 1. The Morgan fingerprint density at radius 3 is 2.30 bits per heavy atom. The predicted octanol–water partition coefficient (Wildman–Crippen LogP) is 1.51. The molecule has 3 rings (SSSR count). The van der Waals surface area contributed by atoms with Crippen LogP contribution < -0.4 is 4.90 Å². The summed E-state index contributed by atoms with van der Waals surface area (Å²) < 4.78 is 26.4. The van der Waals surface area contributed by atoms with E-state index in [2.05, 4.69) is 0 Å². The van der Waals surface area contributed by atoms with Crippen molar-refractivity contribution in [2.75, 3.05) is 26.2 Å². The average molecular weight is 317 g/mol. The SMILES string of the molecule is O=C(c1cccc(F)c1)N1CC[NH+](Cc2cccc(F)c2)CC1. The molecule has 1 heterocycles. The molecule has 0 bridgehead atoms. The number of hydrogen-bond donors (Lipinski definition) is 1. The van der Waals surface area contributed by atoms with Crippen LogP contribution >= 0.6 is 0 Å². The summed E-state index contributed by atoms with van der Waals surface area (Å²) in [4.78, 5) is 15.4. The first-order valence-electron chi connectivity index (χ1n) is 7.75. The molecule has 0 aliphatic carbocycles. The van der Waals surface area contributed by atoms with Crippen molar-refractivity contribution in [3.8, 4) is 0 Å². The Hall–Kier alpha value is -2.27. The minimum absolute atomic E-state index is 0.130. The highest BCUT2D eigenvalue weighted by atomic mass is 19.1. The molecular weight excluding hydrogens is 298 g/mol. The van der Waals surface area contributed by atoms with Crippen LogP contribution in [0, 0.1) is 11.6 Å². The minimum atomic E-state index is -0.397. The molecule has 120 valence electrons. The summed E-state index contributed by atoms with van der Waals surface area (Å²) >= 11 is 0. The first kappa shape index (κ1) is 15.6. The molecule has 0 unspecified atom stereocenters. The van der Waals surface area contributed by atoms with Gasteiger partial charge < -0.3 is 9.80 Å². The number of carbonyl (C=O) groups is 1. The standard InChI is InChI=1S/C18H18F2N2O/c19-16-5-1-3-14(11-16)13-21-7-9-22(10-8-21)18(23)15-4-2-6-17(20)12-15/h1-6,11-12H,7-10,13H2/p+1. The number of halogens is 2. The molecule has 5 heteroatoms. The first-order chi connectivity index (χ1) is 11.1. The largest absolute Gasteiger partial charge is 0.328 e. The summed E-state index contributed by atoms with van der Waals surface area (Å²) in [5, 5.41) is 0. The van der Waals surface area contributed by atoms with Gasteiger partial charge >= 0.3 is 0 Å². The van der Waals surface area contributed by atoms with E-state index >= 15 is 0 Å². The smallest absolute Gasteiger partial charge is 0.254 e. The van der Waals surface area contributed by atoms with Crippen LogP contribution in [0.2, 0.25) is 0 Å². The van der Waals surface area contributed by atoms with Crippen molar-refractivity contribution in [2.45, 2.75) is 6.54 Å². The van der Waals surface area contributed by atoms with Crippen LogP contribution in [0.15, 0.2) is 48.5 Å². The molecule has 0 radical (unpaired) electrons. The lowest BCUT2D eigenvalue weighted by molar-refractivity contribution is -0.917. The summed E-state index contributed by atoms with van der Waals surface area (Å²) in [7, 11) is 0. The van der Waals surface area contributed by atoms with Crippen molar-refractivity contribution in [3.05, 3.63) is 71.3 Å². The molecule has 1 aliphatic rings. The topological polar surface area (TPSA) is 24.8 Å². The second-order valence-corrected chi connectivity index (χ2v) is 5.86. The summed E-state index contributed by atoms with van der Waals surface area (Å²) in [6.07, 6.45) is 0. The highest BCUT2D eigenvalue weighted by Crippen LogP contribution is 2.08. The Labute approximate surface area is 134 Å². The van der Waals surface area contributed by atoms with Crippen molar-refractivity contribution >= 4 is 5.91 Å². The maximum Gasteiger partial charge on any atom is 0.254 e. The second kappa shape index (κ2) is 6.87. The van der Waals surface area contributed by atoms with E-state index in [0.29, 0.717) is 18.7 Å². The van der Waals surface area contributed by atoms with Crippen molar-refractivity contribution in [2.24, 2.45) is 0 Å². The van der Waals surface area contributed by atoms with Crippen molar-refractivity contribution in [1.29, 1.82) is 0 Å². The lowest BCUT2D eigenvalue weighted by atomic mass is 10.1. The molecular formula is C18H19F2N2O+. The third-order valence-electron chi connectivity index (χ3n) is 4.17. The van der Waals surface area contributed by atoms with Gasteiger partial charge in [0.15, 0.2) is 0 Å². The Bertz CT molecular complexity index is 697. The Morgan fingerprint density at radius 2 is 1.65 bits per heavy atom. The van der Waals surface area contributed by atoms with Gasteiger partial charge in [-0.2, -0.15) is 0 Å². The van der Waals surface area contributed by atoms with Gasteiger partial charge in [0.05, 0.1) is 26.2 Å². The average Bonchev–Trinajstić information content (AvgIpc) is 2.55. The monoisotopic (exact) mass is 317 g/mol. The van der Waals surface area contributed by atoms with Gasteiger partial charge in [0.2, 0.25) is 0 Å². The number of benzene rings is 2. The van der Waals surface area contributed by atoms with E-state index < -0.39 is 5.82 Å². The van der Waals surface area contributed by atoms with Crippen LogP contribution in [0.3, 0.4) is 0 Å². The van der Waals surface area contributed by atoms with E-state index in [1.807, 2.05) is 6.07 Å². The maximum atomic E-state index is 13.2. The lowest BCUT2D eigenvalue weighted by Crippen LogP contribution is -3.13. The second-order valence-electron chi connectivity index (χ2n) is 5.86. The van der Waals surface area contributed by atoms with Crippen LogP contribution in [-0.2, 0) is 6.54 Å². The minimum Gasteiger partial charge on any atom is -0.328 e. The fraction of sp³-hybridized carbons (Fsp3) is 0.278. The zero-order valence-electron chi connectivity index (χ0n) is 12.8. The first-order valence-corrected chi connectivity index (χ1v) is 7.75. The number of quaternary nitrogens is 1. The van der Waals surface area contributed by atoms with Gasteiger partial charge in [0.25, 0.3) is 5.91 Å². The van der Waals surface area contributed by atoms with Crippen LogP contribution in [0.5, 0.6) is 0 Å². The third kappa shape index (κ3) is 3.93. The van der Waals surface area contributed by atoms with Gasteiger partial charge in [0, 0.05) is 11.1 Å². The summed E-state index contributed by atoms with van der Waals surface area (Å²) in [6, 6.07) is 12.4. The number of rotatable bonds is 3. The summed E-state index contributed by atoms with van der Waals surface area (Å²) in [5.74, 6) is -0.748. The zero-order valence-corrected chi connectivity index (χ0v) is 12.8. The van der Waals surface area contributed by atoms with E-state index in [9.17, 15) is 13.6 Å². The number of carbonyl (C=O) groups excluding carboxylic acids is 1. The molecule has 0 atom stereocenters. The fourth-order valence-electron chi connectivity index (χ4n) is 2.94. The molecule has 2 aromatic carbocycles. The quantitative estimate of drug-likeness (QED) is 0.912. The molecule has 1 N–H and O–H groups in total. The Kier molecular flexibility index (Phi) is 4.67. The van der Waals surface area contributed by atoms with Gasteiger partial charge in [-0.1, -0.05) is 18.2 Å². The predicted molar refractivity (Wildman–Crippen MR) is 83.1 cm³/mol. The van der Waals surface area contributed by atoms with E-state index in [1.165, 1.54) is 23.1 Å². The lowest BCUT2D eigenvalue weighted by Gasteiger charge is -2.32. The van der Waals surface area contributed by atoms with Crippen LogP contribution in [0.25, 0.3) is 0 Å². The molecule has 23 heavy (non-hydrogen) atoms. The van der Waals surface area contributed by atoms with Crippen molar-refractivity contribution in [1.82, 2.24) is 4.90 Å².